The van der Waals surface area contributed by atoms with E-state index in [1.165, 1.54) is 16.7 Å². The Morgan fingerprint density at radius 3 is 2.59 bits per heavy atom. The van der Waals surface area contributed by atoms with Gasteiger partial charge in [-0.2, -0.15) is 0 Å². The van der Waals surface area contributed by atoms with Gasteiger partial charge in [-0.15, -0.1) is 0 Å². The van der Waals surface area contributed by atoms with Gasteiger partial charge in [-0.1, -0.05) is 6.07 Å². The number of hydrogen-bond donors (Lipinski definition) is 0. The zero-order valence-corrected chi connectivity index (χ0v) is 19.5. The van der Waals surface area contributed by atoms with Crippen LogP contribution in [0.4, 0.5) is 11.6 Å². The van der Waals surface area contributed by atoms with E-state index >= 15 is 0 Å². The smallest absolute Gasteiger partial charge is 0.264 e. The fraction of sp³-hybridized carbons (Fsp3) is 0.308. The zero-order valence-electron chi connectivity index (χ0n) is 19.5. The number of aliphatic imine (C=N–C) groups is 1. The van der Waals surface area contributed by atoms with Crippen molar-refractivity contribution < 1.29 is 9.59 Å². The second-order valence-corrected chi connectivity index (χ2v) is 9.03. The van der Waals surface area contributed by atoms with Crippen LogP contribution in [0.25, 0.3) is 11.3 Å². The average Bonchev–Trinajstić information content (AvgIpc) is 3.55. The molecule has 2 aliphatic rings. The van der Waals surface area contributed by atoms with Gasteiger partial charge in [0.25, 0.3) is 11.8 Å². The van der Waals surface area contributed by atoms with Gasteiger partial charge in [-0.3, -0.25) is 14.6 Å². The molecule has 0 atom stereocenters. The Morgan fingerprint density at radius 1 is 1.15 bits per heavy atom. The highest BCUT2D eigenvalue weighted by atomic mass is 16.2. The molecule has 0 radical (unpaired) electrons. The topological polar surface area (TPSA) is 91.7 Å². The lowest BCUT2D eigenvalue weighted by atomic mass is 9.97. The summed E-state index contributed by atoms with van der Waals surface area (Å²) in [6.07, 6.45) is 9.03. The summed E-state index contributed by atoms with van der Waals surface area (Å²) in [5.41, 5.74) is 5.64. The standard InChI is InChI=1S/C26H26N6O2/c1-4-27-23(33)15-31(3)24(34)18-5-6-20-22(12-18)32(16-26(20)8-9-26)25-29-13-19(14-30-25)21-11-17(2)7-10-28-21/h4-7,10-14H,8-9,15-16H2,1-3H3. The van der Waals surface area contributed by atoms with Crippen molar-refractivity contribution in [3.8, 4) is 11.3 Å². The molecular formula is C26H26N6O2. The van der Waals surface area contributed by atoms with Crippen molar-refractivity contribution in [2.45, 2.75) is 32.1 Å². The zero-order chi connectivity index (χ0) is 23.9. The van der Waals surface area contributed by atoms with E-state index in [4.69, 9.17) is 0 Å². The molecule has 3 heterocycles. The Bertz CT molecular complexity index is 1300. The molecule has 1 fully saturated rings. The largest absolute Gasteiger partial charge is 0.332 e. The van der Waals surface area contributed by atoms with Gasteiger partial charge in [-0.05, 0) is 62.1 Å². The summed E-state index contributed by atoms with van der Waals surface area (Å²) < 4.78 is 0. The predicted molar refractivity (Wildman–Crippen MR) is 130 cm³/mol. The molecule has 2 amide bonds. The molecule has 5 rings (SSSR count). The third kappa shape index (κ3) is 3.96. The number of carbonyl (C=O) groups is 2. The van der Waals surface area contributed by atoms with Crippen LogP contribution < -0.4 is 4.90 Å². The maximum atomic E-state index is 13.0. The minimum Gasteiger partial charge on any atom is -0.332 e. The van der Waals surface area contributed by atoms with Crippen molar-refractivity contribution in [3.63, 3.8) is 0 Å². The molecule has 34 heavy (non-hydrogen) atoms. The number of benzene rings is 1. The van der Waals surface area contributed by atoms with Crippen molar-refractivity contribution in [2.24, 2.45) is 4.99 Å². The molecule has 3 aromatic rings. The molecule has 0 unspecified atom stereocenters. The quantitative estimate of drug-likeness (QED) is 0.546. The fourth-order valence-electron chi connectivity index (χ4n) is 4.53. The van der Waals surface area contributed by atoms with Crippen LogP contribution in [-0.2, 0) is 10.2 Å². The van der Waals surface area contributed by atoms with E-state index < -0.39 is 0 Å². The summed E-state index contributed by atoms with van der Waals surface area (Å²) in [4.78, 5) is 45.8. The Hall–Kier alpha value is -3.94. The van der Waals surface area contributed by atoms with Gasteiger partial charge in [0.05, 0.1) is 5.69 Å². The van der Waals surface area contributed by atoms with Crippen LogP contribution >= 0.6 is 0 Å². The predicted octanol–water partition coefficient (Wildman–Crippen LogP) is 3.72. The number of amides is 2. The van der Waals surface area contributed by atoms with Crippen LogP contribution in [0.5, 0.6) is 0 Å². The summed E-state index contributed by atoms with van der Waals surface area (Å²) in [6.45, 7) is 4.43. The van der Waals surface area contributed by atoms with Gasteiger partial charge in [0.2, 0.25) is 5.95 Å². The summed E-state index contributed by atoms with van der Waals surface area (Å²) in [6, 6.07) is 9.75. The van der Waals surface area contributed by atoms with Gasteiger partial charge in [0.15, 0.2) is 0 Å². The van der Waals surface area contributed by atoms with Crippen LogP contribution in [-0.4, -0.2) is 58.0 Å². The highest BCUT2D eigenvalue weighted by molar-refractivity contribution is 5.98. The number of rotatable bonds is 5. The van der Waals surface area contributed by atoms with E-state index in [2.05, 4.69) is 24.8 Å². The first-order chi connectivity index (χ1) is 16.4. The second kappa shape index (κ2) is 8.44. The third-order valence-corrected chi connectivity index (χ3v) is 6.50. The summed E-state index contributed by atoms with van der Waals surface area (Å²) in [7, 11) is 1.61. The highest BCUT2D eigenvalue weighted by Gasteiger charge is 2.52. The molecule has 0 saturated heterocycles. The van der Waals surface area contributed by atoms with Crippen LogP contribution in [0.15, 0.2) is 53.9 Å². The second-order valence-electron chi connectivity index (χ2n) is 9.03. The molecule has 1 saturated carbocycles. The van der Waals surface area contributed by atoms with Gasteiger partial charge in [-0.25, -0.2) is 15.0 Å². The SMILES string of the molecule is CC=NC(=O)CN(C)C(=O)c1ccc2c(c1)N(c1ncc(-c3cc(C)ccn3)cn1)CC21CC1. The molecule has 172 valence electrons. The molecule has 1 spiro atoms. The van der Waals surface area contributed by atoms with Gasteiger partial charge < -0.3 is 9.80 Å². The number of aryl methyl sites for hydroxylation is 1. The highest BCUT2D eigenvalue weighted by Crippen LogP contribution is 2.57. The van der Waals surface area contributed by atoms with Gasteiger partial charge in [0.1, 0.15) is 6.54 Å². The number of aromatic nitrogens is 3. The van der Waals surface area contributed by atoms with Crippen molar-refractivity contribution in [1.29, 1.82) is 0 Å². The van der Waals surface area contributed by atoms with Crippen molar-refractivity contribution in [1.82, 2.24) is 19.9 Å². The molecule has 1 aliphatic heterocycles. The Kier molecular flexibility index (Phi) is 5.43. The molecule has 2 aromatic heterocycles. The number of pyridine rings is 1. The van der Waals surface area contributed by atoms with E-state index in [9.17, 15) is 9.59 Å². The first kappa shape index (κ1) is 21.9. The van der Waals surface area contributed by atoms with Crippen LogP contribution in [0.3, 0.4) is 0 Å². The molecule has 0 N–H and O–H groups in total. The Morgan fingerprint density at radius 2 is 1.91 bits per heavy atom. The molecule has 1 aromatic carbocycles. The van der Waals surface area contributed by atoms with E-state index in [1.807, 2.05) is 37.3 Å². The van der Waals surface area contributed by atoms with Crippen molar-refractivity contribution >= 4 is 29.7 Å². The Balaban J connectivity index is 1.43. The van der Waals surface area contributed by atoms with E-state index in [1.54, 1.807) is 32.6 Å². The van der Waals surface area contributed by atoms with Crippen LogP contribution in [0.2, 0.25) is 0 Å². The number of hydrogen-bond acceptors (Lipinski definition) is 6. The fourth-order valence-corrected chi connectivity index (χ4v) is 4.53. The van der Waals surface area contributed by atoms with Gasteiger partial charge in [0, 0.05) is 60.6 Å². The normalized spacial score (nSPS) is 15.6. The maximum absolute atomic E-state index is 13.0. The molecule has 8 nitrogen and oxygen atoms in total. The lowest BCUT2D eigenvalue weighted by Crippen LogP contribution is -2.31. The number of anilines is 2. The number of fused-ring (bicyclic) bond motifs is 2. The molecule has 1 aliphatic carbocycles. The van der Waals surface area contributed by atoms with Crippen LogP contribution in [0, 0.1) is 6.92 Å². The van der Waals surface area contributed by atoms with Crippen molar-refractivity contribution in [2.75, 3.05) is 25.0 Å². The summed E-state index contributed by atoms with van der Waals surface area (Å²) >= 11 is 0. The third-order valence-electron chi connectivity index (χ3n) is 6.50. The Labute approximate surface area is 198 Å². The van der Waals surface area contributed by atoms with Gasteiger partial charge >= 0.3 is 0 Å². The number of nitrogens with zero attached hydrogens (tertiary/aromatic N) is 6. The molecule has 8 heteroatoms. The summed E-state index contributed by atoms with van der Waals surface area (Å²) in [5.74, 6) is 0.0300. The van der Waals surface area contributed by atoms with Crippen molar-refractivity contribution in [3.05, 3.63) is 65.6 Å². The van der Waals surface area contributed by atoms with E-state index in [-0.39, 0.29) is 23.8 Å². The van der Waals surface area contributed by atoms with E-state index in [0.29, 0.717) is 11.5 Å². The van der Waals surface area contributed by atoms with Crippen LogP contribution in [0.1, 0.15) is 41.3 Å². The average molecular weight is 455 g/mol. The monoisotopic (exact) mass is 454 g/mol. The first-order valence-electron chi connectivity index (χ1n) is 11.3. The lowest BCUT2D eigenvalue weighted by Gasteiger charge is -2.19. The molecule has 0 bridgehead atoms. The minimum absolute atomic E-state index is 0.0640. The first-order valence-corrected chi connectivity index (χ1v) is 11.3. The number of carbonyl (C=O) groups excluding carboxylic acids is 2. The molecular weight excluding hydrogens is 428 g/mol. The van der Waals surface area contributed by atoms with E-state index in [0.717, 1.165) is 41.9 Å². The maximum Gasteiger partial charge on any atom is 0.264 e. The lowest BCUT2D eigenvalue weighted by molar-refractivity contribution is -0.118. The number of likely N-dealkylation sites (N-methyl/N-ethyl adjacent to an activating group) is 1. The minimum atomic E-state index is -0.352. The summed E-state index contributed by atoms with van der Waals surface area (Å²) in [5, 5.41) is 0.